The zero-order valence-corrected chi connectivity index (χ0v) is 20.8. The van der Waals surface area contributed by atoms with E-state index in [2.05, 4.69) is 0 Å². The molecule has 6 nitrogen and oxygen atoms in total. The molecule has 0 fully saturated rings. The van der Waals surface area contributed by atoms with Gasteiger partial charge in [0.05, 0.1) is 17.5 Å². The molecule has 0 bridgehead atoms. The molecule has 0 amide bonds. The quantitative estimate of drug-likeness (QED) is 0.300. The Balaban J connectivity index is 2.62. The number of carboxylic acid groups (broad SMARTS) is 1. The summed E-state index contributed by atoms with van der Waals surface area (Å²) in [6, 6.07) is 16.3. The highest BCUT2D eigenvalue weighted by Crippen LogP contribution is 2.66. The van der Waals surface area contributed by atoms with E-state index in [1.165, 1.54) is 31.2 Å². The van der Waals surface area contributed by atoms with Crippen LogP contribution in [0, 0.1) is 17.9 Å². The van der Waals surface area contributed by atoms with E-state index in [0.29, 0.717) is 16.8 Å². The van der Waals surface area contributed by atoms with E-state index in [0.717, 1.165) is 12.7 Å². The van der Waals surface area contributed by atoms with Crippen molar-refractivity contribution < 1.29 is 28.5 Å². The van der Waals surface area contributed by atoms with Crippen LogP contribution in [0.1, 0.15) is 37.8 Å². The van der Waals surface area contributed by atoms with Crippen LogP contribution >= 0.6 is 7.37 Å². The van der Waals surface area contributed by atoms with Crippen LogP contribution in [0.4, 0.5) is 4.39 Å². The van der Waals surface area contributed by atoms with Crippen LogP contribution in [0.25, 0.3) is 22.5 Å². The summed E-state index contributed by atoms with van der Waals surface area (Å²) in [4.78, 5) is 17.8. The molecule has 2 aromatic carbocycles. The van der Waals surface area contributed by atoms with Crippen LogP contribution < -0.4 is 0 Å². The maximum absolute atomic E-state index is 13.9. The Morgan fingerprint density at radius 3 is 2.17 bits per heavy atom. The second-order valence-electron chi connectivity index (χ2n) is 8.46. The first-order valence-electron chi connectivity index (χ1n) is 11.0. The lowest BCUT2D eigenvalue weighted by Crippen LogP contribution is -2.46. The van der Waals surface area contributed by atoms with Gasteiger partial charge in [-0.2, -0.15) is 0 Å². The van der Waals surface area contributed by atoms with Crippen molar-refractivity contribution in [3.8, 4) is 34.6 Å². The fourth-order valence-electron chi connectivity index (χ4n) is 4.31. The fourth-order valence-corrected chi connectivity index (χ4v) is 6.18. The Kier molecular flexibility index (Phi) is 7.62. The minimum absolute atomic E-state index is 0.0237. The molecular weight excluding hydrogens is 468 g/mol. The number of rotatable bonds is 8. The smallest absolute Gasteiger partial charge is 0.327 e. The molecule has 0 saturated heterocycles. The van der Waals surface area contributed by atoms with Gasteiger partial charge in [0.15, 0.2) is 0 Å². The second-order valence-corrected chi connectivity index (χ2v) is 10.9. The second kappa shape index (κ2) is 10.1. The van der Waals surface area contributed by atoms with E-state index in [1.54, 1.807) is 6.07 Å². The molecule has 0 saturated carbocycles. The molecule has 3 aromatic rings. The highest BCUT2D eigenvalue weighted by Gasteiger charge is 2.62. The summed E-state index contributed by atoms with van der Waals surface area (Å²) in [5.74, 6) is -2.41. The van der Waals surface area contributed by atoms with Crippen molar-refractivity contribution in [1.82, 2.24) is 4.98 Å². The summed E-state index contributed by atoms with van der Waals surface area (Å²) >= 11 is 0. The number of halogens is 1. The molecule has 0 aliphatic rings. The molecule has 3 atom stereocenters. The van der Waals surface area contributed by atoms with Crippen LogP contribution in [-0.4, -0.2) is 34.4 Å². The predicted molar refractivity (Wildman–Crippen MR) is 134 cm³/mol. The molecule has 2 N–H and O–H groups in total. The average molecular weight is 495 g/mol. The molecule has 0 aliphatic carbocycles. The number of aliphatic hydroxyl groups is 1. The Morgan fingerprint density at radius 1 is 1.11 bits per heavy atom. The van der Waals surface area contributed by atoms with Crippen molar-refractivity contribution in [2.75, 3.05) is 7.11 Å². The summed E-state index contributed by atoms with van der Waals surface area (Å²) in [5, 5.41) is 19.0. The molecule has 0 aliphatic heterocycles. The number of aliphatic hydroxyl groups excluding tert-OH is 1. The van der Waals surface area contributed by atoms with Gasteiger partial charge < -0.3 is 14.7 Å². The molecule has 182 valence electrons. The van der Waals surface area contributed by atoms with Crippen molar-refractivity contribution in [2.24, 2.45) is 0 Å². The fraction of sp³-hybridized carbons (Fsp3) is 0.259. The molecule has 3 unspecified atom stereocenters. The highest BCUT2D eigenvalue weighted by atomic mass is 31.2. The number of hydrogen-bond acceptors (Lipinski definition) is 5. The van der Waals surface area contributed by atoms with Crippen molar-refractivity contribution >= 4 is 13.3 Å². The first-order valence-corrected chi connectivity index (χ1v) is 12.6. The number of pyridine rings is 1. The Hall–Kier alpha value is -3.30. The van der Waals surface area contributed by atoms with Crippen LogP contribution in [-0.2, 0) is 19.0 Å². The van der Waals surface area contributed by atoms with Crippen LogP contribution in [0.3, 0.4) is 0 Å². The van der Waals surface area contributed by atoms with Crippen molar-refractivity contribution in [1.29, 1.82) is 0 Å². The van der Waals surface area contributed by atoms with Crippen molar-refractivity contribution in [3.05, 3.63) is 77.6 Å². The van der Waals surface area contributed by atoms with Crippen molar-refractivity contribution in [2.45, 2.75) is 37.9 Å². The monoisotopic (exact) mass is 495 g/mol. The summed E-state index contributed by atoms with van der Waals surface area (Å²) in [6.45, 7) is 4.88. The lowest BCUT2D eigenvalue weighted by atomic mass is 9.82. The Bertz CT molecular complexity index is 1320. The SMILES string of the molecule is C#CP(=O)(OC)C(C(=O)O)(c1c(C(C)C)cc(-c2ccccc2)nc1-c1ccc(F)cc1)C(C)O. The third kappa shape index (κ3) is 4.41. The van der Waals surface area contributed by atoms with Crippen LogP contribution in [0.15, 0.2) is 60.7 Å². The van der Waals surface area contributed by atoms with Gasteiger partial charge in [-0.1, -0.05) is 44.2 Å². The molecule has 1 heterocycles. The molecule has 35 heavy (non-hydrogen) atoms. The number of benzene rings is 2. The topological polar surface area (TPSA) is 96.7 Å². The van der Waals surface area contributed by atoms with E-state index in [9.17, 15) is 24.0 Å². The Labute approximate surface area is 204 Å². The maximum atomic E-state index is 13.9. The summed E-state index contributed by atoms with van der Waals surface area (Å²) in [7, 11) is -3.45. The number of terminal acetylenes is 1. The number of aromatic nitrogens is 1. The van der Waals surface area contributed by atoms with Gasteiger partial charge in [0, 0.05) is 23.8 Å². The standard InChI is InChI=1S/C27H27FNO5P/c1-6-35(33,34-5)27(18(4)30,26(31)32)24-22(17(2)3)16-23(19-10-8-7-9-11-19)29-25(24)20-12-14-21(28)15-13-20/h1,7-18,30H,2-5H3,(H,31,32). The Morgan fingerprint density at radius 2 is 1.71 bits per heavy atom. The van der Waals surface area contributed by atoms with Crippen LogP contribution in [0.2, 0.25) is 0 Å². The summed E-state index contributed by atoms with van der Waals surface area (Å²) in [6.07, 6.45) is 3.86. The first-order chi connectivity index (χ1) is 16.5. The average Bonchev–Trinajstić information content (AvgIpc) is 2.84. The van der Waals surface area contributed by atoms with Gasteiger partial charge in [-0.25, -0.2) is 9.37 Å². The zero-order chi connectivity index (χ0) is 26.0. The minimum atomic E-state index is -4.50. The molecular formula is C27H27FNO5P. The molecule has 8 heteroatoms. The predicted octanol–water partition coefficient (Wildman–Crippen LogP) is 5.85. The number of hydrogen-bond donors (Lipinski definition) is 2. The van der Waals surface area contributed by atoms with E-state index < -0.39 is 30.4 Å². The maximum Gasteiger partial charge on any atom is 0.327 e. The number of nitrogens with zero attached hydrogens (tertiary/aromatic N) is 1. The van der Waals surface area contributed by atoms with Gasteiger partial charge in [-0.05, 0) is 54.4 Å². The summed E-state index contributed by atoms with van der Waals surface area (Å²) < 4.78 is 32.9. The molecule has 3 rings (SSSR count). The normalized spacial score (nSPS) is 15.6. The third-order valence-electron chi connectivity index (χ3n) is 6.06. The third-order valence-corrected chi connectivity index (χ3v) is 8.63. The lowest BCUT2D eigenvalue weighted by molar-refractivity contribution is -0.144. The van der Waals surface area contributed by atoms with E-state index in [-0.39, 0.29) is 17.2 Å². The largest absolute Gasteiger partial charge is 0.480 e. The van der Waals surface area contributed by atoms with Gasteiger partial charge in [-0.3, -0.25) is 9.36 Å². The number of aliphatic carboxylic acids is 1. The lowest BCUT2D eigenvalue weighted by Gasteiger charge is -2.38. The van der Waals surface area contributed by atoms with E-state index >= 15 is 0 Å². The van der Waals surface area contributed by atoms with Gasteiger partial charge in [0.1, 0.15) is 5.82 Å². The molecule has 0 radical (unpaired) electrons. The van der Waals surface area contributed by atoms with Gasteiger partial charge >= 0.3 is 5.97 Å². The van der Waals surface area contributed by atoms with Gasteiger partial charge in [0.2, 0.25) is 5.16 Å². The van der Waals surface area contributed by atoms with E-state index in [4.69, 9.17) is 15.9 Å². The minimum Gasteiger partial charge on any atom is -0.480 e. The highest BCUT2D eigenvalue weighted by molar-refractivity contribution is 7.66. The van der Waals surface area contributed by atoms with Gasteiger partial charge in [0.25, 0.3) is 7.37 Å². The van der Waals surface area contributed by atoms with Crippen molar-refractivity contribution in [3.63, 3.8) is 0 Å². The molecule has 1 aromatic heterocycles. The van der Waals surface area contributed by atoms with E-state index in [1.807, 2.05) is 49.8 Å². The molecule has 0 spiro atoms. The van der Waals surface area contributed by atoms with Crippen LogP contribution in [0.5, 0.6) is 0 Å². The summed E-state index contributed by atoms with van der Waals surface area (Å²) in [5.41, 5.74) is 4.24. The number of carboxylic acids is 1. The number of carbonyl (C=O) groups is 1. The first kappa shape index (κ1) is 26.3. The van der Waals surface area contributed by atoms with Gasteiger partial charge in [-0.15, -0.1) is 6.42 Å². The zero-order valence-electron chi connectivity index (χ0n) is 19.9.